The van der Waals surface area contributed by atoms with Gasteiger partial charge < -0.3 is 9.67 Å². The molecule has 0 radical (unpaired) electrons. The molecule has 1 N–H and O–H groups in total. The molecular formula is C14H22N2OS. The van der Waals surface area contributed by atoms with E-state index in [4.69, 9.17) is 4.98 Å². The first kappa shape index (κ1) is 12.5. The Morgan fingerprint density at radius 3 is 2.89 bits per heavy atom. The van der Waals surface area contributed by atoms with E-state index in [0.717, 1.165) is 31.7 Å². The molecule has 0 bridgehead atoms. The van der Waals surface area contributed by atoms with Crippen molar-refractivity contribution in [3.8, 4) is 0 Å². The SMILES string of the molecule is OCC1CCn2cc(CC3CCSCC3)nc2C1. The summed E-state index contributed by atoms with van der Waals surface area (Å²) in [5.74, 6) is 5.12. The number of hydrogen-bond donors (Lipinski definition) is 1. The first-order valence-corrected chi connectivity index (χ1v) is 8.24. The Morgan fingerprint density at radius 2 is 2.11 bits per heavy atom. The third-order valence-electron chi connectivity index (χ3n) is 4.26. The van der Waals surface area contributed by atoms with Gasteiger partial charge in [-0.1, -0.05) is 0 Å². The number of rotatable bonds is 3. The van der Waals surface area contributed by atoms with E-state index in [-0.39, 0.29) is 0 Å². The molecule has 4 heteroatoms. The average Bonchev–Trinajstić information content (AvgIpc) is 2.80. The van der Waals surface area contributed by atoms with E-state index >= 15 is 0 Å². The van der Waals surface area contributed by atoms with Crippen LogP contribution in [0.25, 0.3) is 0 Å². The van der Waals surface area contributed by atoms with E-state index in [1.165, 1.54) is 35.9 Å². The Bertz CT molecular complexity index is 398. The lowest BCUT2D eigenvalue weighted by Crippen LogP contribution is -2.21. The van der Waals surface area contributed by atoms with Crippen LogP contribution in [-0.4, -0.2) is 32.8 Å². The van der Waals surface area contributed by atoms with E-state index in [2.05, 4.69) is 22.5 Å². The quantitative estimate of drug-likeness (QED) is 0.910. The Balaban J connectivity index is 1.65. The number of aliphatic hydroxyl groups excluding tert-OH is 1. The summed E-state index contributed by atoms with van der Waals surface area (Å²) in [7, 11) is 0. The van der Waals surface area contributed by atoms with E-state index in [1.54, 1.807) is 0 Å². The summed E-state index contributed by atoms with van der Waals surface area (Å²) in [6.07, 6.45) is 8.17. The maximum atomic E-state index is 9.25. The van der Waals surface area contributed by atoms with Gasteiger partial charge in [-0.25, -0.2) is 4.98 Å². The first-order valence-electron chi connectivity index (χ1n) is 7.08. The van der Waals surface area contributed by atoms with Crippen molar-refractivity contribution in [1.29, 1.82) is 0 Å². The van der Waals surface area contributed by atoms with Crippen molar-refractivity contribution in [2.24, 2.45) is 11.8 Å². The molecule has 2 aliphatic heterocycles. The number of aliphatic hydroxyl groups is 1. The van der Waals surface area contributed by atoms with Gasteiger partial charge in [0, 0.05) is 25.8 Å². The van der Waals surface area contributed by atoms with Gasteiger partial charge in [-0.3, -0.25) is 0 Å². The van der Waals surface area contributed by atoms with E-state index in [9.17, 15) is 5.11 Å². The second kappa shape index (κ2) is 5.66. The number of imidazole rings is 1. The maximum absolute atomic E-state index is 9.25. The van der Waals surface area contributed by atoms with Crippen LogP contribution in [0.1, 0.15) is 30.8 Å². The van der Waals surface area contributed by atoms with Gasteiger partial charge in [-0.2, -0.15) is 11.8 Å². The molecule has 3 heterocycles. The fraction of sp³-hybridized carbons (Fsp3) is 0.786. The summed E-state index contributed by atoms with van der Waals surface area (Å²) in [5.41, 5.74) is 1.28. The van der Waals surface area contributed by atoms with E-state index in [0.29, 0.717) is 12.5 Å². The van der Waals surface area contributed by atoms with Crippen LogP contribution in [0.2, 0.25) is 0 Å². The van der Waals surface area contributed by atoms with E-state index < -0.39 is 0 Å². The van der Waals surface area contributed by atoms with Crippen molar-refractivity contribution in [2.45, 2.75) is 38.6 Å². The van der Waals surface area contributed by atoms with Gasteiger partial charge >= 0.3 is 0 Å². The molecule has 1 fully saturated rings. The van der Waals surface area contributed by atoms with Gasteiger partial charge in [-0.05, 0) is 49.0 Å². The highest BCUT2D eigenvalue weighted by atomic mass is 32.2. The minimum Gasteiger partial charge on any atom is -0.396 e. The molecule has 1 unspecified atom stereocenters. The Labute approximate surface area is 113 Å². The Morgan fingerprint density at radius 1 is 1.28 bits per heavy atom. The van der Waals surface area contributed by atoms with Gasteiger partial charge in [0.05, 0.1) is 5.69 Å². The van der Waals surface area contributed by atoms with Gasteiger partial charge in [0.1, 0.15) is 5.82 Å². The van der Waals surface area contributed by atoms with Crippen molar-refractivity contribution >= 4 is 11.8 Å². The number of thioether (sulfide) groups is 1. The summed E-state index contributed by atoms with van der Waals surface area (Å²) in [4.78, 5) is 4.79. The second-order valence-corrected chi connectivity index (χ2v) is 6.87. The minimum absolute atomic E-state index is 0.308. The van der Waals surface area contributed by atoms with Crippen LogP contribution in [0.3, 0.4) is 0 Å². The lowest BCUT2D eigenvalue weighted by molar-refractivity contribution is 0.199. The molecule has 0 aromatic carbocycles. The monoisotopic (exact) mass is 266 g/mol. The number of nitrogens with zero attached hydrogens (tertiary/aromatic N) is 2. The van der Waals surface area contributed by atoms with Crippen LogP contribution in [0.15, 0.2) is 6.20 Å². The van der Waals surface area contributed by atoms with Crippen LogP contribution in [0.4, 0.5) is 0 Å². The van der Waals surface area contributed by atoms with E-state index in [1.807, 2.05) is 0 Å². The minimum atomic E-state index is 0.308. The molecule has 0 spiro atoms. The molecule has 18 heavy (non-hydrogen) atoms. The summed E-state index contributed by atoms with van der Waals surface area (Å²) in [6.45, 7) is 1.34. The molecule has 1 saturated heterocycles. The zero-order chi connectivity index (χ0) is 12.4. The molecule has 2 aliphatic rings. The third kappa shape index (κ3) is 2.75. The lowest BCUT2D eigenvalue weighted by atomic mass is 9.97. The summed E-state index contributed by atoms with van der Waals surface area (Å²) in [5, 5.41) is 9.25. The maximum Gasteiger partial charge on any atom is 0.109 e. The molecule has 0 saturated carbocycles. The first-order chi connectivity index (χ1) is 8.85. The number of fused-ring (bicyclic) bond motifs is 1. The summed E-state index contributed by atoms with van der Waals surface area (Å²) < 4.78 is 2.30. The molecule has 0 amide bonds. The van der Waals surface area contributed by atoms with Gasteiger partial charge in [0.25, 0.3) is 0 Å². The zero-order valence-corrected chi connectivity index (χ0v) is 11.7. The normalized spacial score (nSPS) is 25.1. The largest absolute Gasteiger partial charge is 0.396 e. The molecule has 1 atom stereocenters. The average molecular weight is 266 g/mol. The number of aromatic nitrogens is 2. The lowest BCUT2D eigenvalue weighted by Gasteiger charge is -2.20. The molecule has 1 aromatic heterocycles. The van der Waals surface area contributed by atoms with Crippen molar-refractivity contribution in [3.05, 3.63) is 17.7 Å². The molecule has 3 rings (SSSR count). The van der Waals surface area contributed by atoms with Crippen LogP contribution in [0.5, 0.6) is 0 Å². The summed E-state index contributed by atoms with van der Waals surface area (Å²) in [6, 6.07) is 0. The van der Waals surface area contributed by atoms with Crippen molar-refractivity contribution < 1.29 is 5.11 Å². The van der Waals surface area contributed by atoms with Crippen LogP contribution in [0, 0.1) is 11.8 Å². The highest BCUT2D eigenvalue weighted by molar-refractivity contribution is 7.99. The van der Waals surface area contributed by atoms with Gasteiger partial charge in [0.2, 0.25) is 0 Å². The highest BCUT2D eigenvalue weighted by Crippen LogP contribution is 2.27. The number of hydrogen-bond acceptors (Lipinski definition) is 3. The number of aryl methyl sites for hydroxylation is 1. The molecule has 100 valence electrons. The zero-order valence-electron chi connectivity index (χ0n) is 10.8. The van der Waals surface area contributed by atoms with Crippen LogP contribution >= 0.6 is 11.8 Å². The van der Waals surface area contributed by atoms with Crippen LogP contribution < -0.4 is 0 Å². The molecular weight excluding hydrogens is 244 g/mol. The van der Waals surface area contributed by atoms with Crippen molar-refractivity contribution in [2.75, 3.05) is 18.1 Å². The fourth-order valence-corrected chi connectivity index (χ4v) is 4.26. The van der Waals surface area contributed by atoms with Crippen LogP contribution in [-0.2, 0) is 19.4 Å². The standard InChI is InChI=1S/C14H22N2OS/c17-10-12-1-4-16-9-13(15-14(16)8-12)7-11-2-5-18-6-3-11/h9,11-12,17H,1-8,10H2. The predicted molar refractivity (Wildman–Crippen MR) is 74.9 cm³/mol. The second-order valence-electron chi connectivity index (χ2n) is 5.64. The summed E-state index contributed by atoms with van der Waals surface area (Å²) >= 11 is 2.09. The third-order valence-corrected chi connectivity index (χ3v) is 5.30. The van der Waals surface area contributed by atoms with Gasteiger partial charge in [0.15, 0.2) is 0 Å². The van der Waals surface area contributed by atoms with Crippen molar-refractivity contribution in [1.82, 2.24) is 9.55 Å². The van der Waals surface area contributed by atoms with Gasteiger partial charge in [-0.15, -0.1) is 0 Å². The highest BCUT2D eigenvalue weighted by Gasteiger charge is 2.21. The topological polar surface area (TPSA) is 38.0 Å². The predicted octanol–water partition coefficient (Wildman–Crippen LogP) is 2.12. The van der Waals surface area contributed by atoms with Crippen molar-refractivity contribution in [3.63, 3.8) is 0 Å². The molecule has 1 aromatic rings. The Kier molecular flexibility index (Phi) is 3.94. The smallest absolute Gasteiger partial charge is 0.109 e. The Hall–Kier alpha value is -0.480. The molecule has 3 nitrogen and oxygen atoms in total. The molecule has 0 aliphatic carbocycles. The fourth-order valence-electron chi connectivity index (χ4n) is 3.05.